The van der Waals surface area contributed by atoms with E-state index in [1.807, 2.05) is 13.0 Å². The Balaban J connectivity index is 2.04. The molecule has 0 radical (unpaired) electrons. The van der Waals surface area contributed by atoms with Crippen LogP contribution in [0.4, 0.5) is 0 Å². The maximum atomic E-state index is 5.57. The Bertz CT molecular complexity index is 117. The normalized spacial score (nSPS) is 26.1. The van der Waals surface area contributed by atoms with Crippen LogP contribution in [-0.4, -0.2) is 25.8 Å². The summed E-state index contributed by atoms with van der Waals surface area (Å²) in [6, 6.07) is 0. The standard InChI is InChI=1S/C9H17NO/c1-2-3-7-11-9-5-4-6-10-8-9/h2-3,9-10H,4-8H2,1H3/b3-2+. The highest BCUT2D eigenvalue weighted by Gasteiger charge is 2.11. The molecule has 1 saturated heterocycles. The molecular weight excluding hydrogens is 138 g/mol. The molecule has 1 fully saturated rings. The van der Waals surface area contributed by atoms with Crippen molar-refractivity contribution in [3.05, 3.63) is 12.2 Å². The number of rotatable bonds is 3. The zero-order valence-electron chi connectivity index (χ0n) is 7.18. The quantitative estimate of drug-likeness (QED) is 0.621. The van der Waals surface area contributed by atoms with Crippen LogP contribution in [0.15, 0.2) is 12.2 Å². The molecule has 1 heterocycles. The molecule has 0 aromatic heterocycles. The van der Waals surface area contributed by atoms with Crippen molar-refractivity contribution in [3.63, 3.8) is 0 Å². The number of nitrogens with one attached hydrogen (secondary N) is 1. The zero-order chi connectivity index (χ0) is 7.94. The maximum absolute atomic E-state index is 5.57. The predicted octanol–water partition coefficient (Wildman–Crippen LogP) is 1.33. The van der Waals surface area contributed by atoms with Gasteiger partial charge in [-0.15, -0.1) is 0 Å². The molecule has 0 aromatic carbocycles. The van der Waals surface area contributed by atoms with E-state index in [9.17, 15) is 0 Å². The summed E-state index contributed by atoms with van der Waals surface area (Å²) >= 11 is 0. The highest BCUT2D eigenvalue weighted by Crippen LogP contribution is 2.05. The molecule has 0 bridgehead atoms. The lowest BCUT2D eigenvalue weighted by Crippen LogP contribution is -2.35. The number of allylic oxidation sites excluding steroid dienone is 1. The largest absolute Gasteiger partial charge is 0.373 e. The fourth-order valence-corrected chi connectivity index (χ4v) is 1.25. The minimum Gasteiger partial charge on any atom is -0.373 e. The van der Waals surface area contributed by atoms with Crippen LogP contribution in [0.1, 0.15) is 19.8 Å². The van der Waals surface area contributed by atoms with Gasteiger partial charge >= 0.3 is 0 Å². The Morgan fingerprint density at radius 2 is 2.55 bits per heavy atom. The summed E-state index contributed by atoms with van der Waals surface area (Å²) in [6.07, 6.45) is 6.98. The SMILES string of the molecule is C/C=C/COC1CCCNC1. The van der Waals surface area contributed by atoms with Crippen molar-refractivity contribution < 1.29 is 4.74 Å². The van der Waals surface area contributed by atoms with Crippen LogP contribution >= 0.6 is 0 Å². The second kappa shape index (κ2) is 5.33. The highest BCUT2D eigenvalue weighted by molar-refractivity contribution is 4.78. The van der Waals surface area contributed by atoms with E-state index in [2.05, 4.69) is 11.4 Å². The van der Waals surface area contributed by atoms with E-state index in [1.165, 1.54) is 12.8 Å². The van der Waals surface area contributed by atoms with Gasteiger partial charge in [-0.25, -0.2) is 0 Å². The van der Waals surface area contributed by atoms with Gasteiger partial charge in [0, 0.05) is 6.54 Å². The van der Waals surface area contributed by atoms with Crippen molar-refractivity contribution in [1.29, 1.82) is 0 Å². The van der Waals surface area contributed by atoms with Crippen molar-refractivity contribution >= 4 is 0 Å². The zero-order valence-corrected chi connectivity index (χ0v) is 7.18. The lowest BCUT2D eigenvalue weighted by molar-refractivity contribution is 0.0558. The van der Waals surface area contributed by atoms with E-state index in [0.717, 1.165) is 19.7 Å². The van der Waals surface area contributed by atoms with Gasteiger partial charge in [0.15, 0.2) is 0 Å². The van der Waals surface area contributed by atoms with E-state index in [4.69, 9.17) is 4.74 Å². The average molecular weight is 155 g/mol. The molecule has 0 aromatic rings. The number of ether oxygens (including phenoxy) is 1. The molecule has 1 rings (SSSR count). The van der Waals surface area contributed by atoms with Gasteiger partial charge in [0.05, 0.1) is 12.7 Å². The Hall–Kier alpha value is -0.340. The van der Waals surface area contributed by atoms with Crippen LogP contribution in [-0.2, 0) is 4.74 Å². The maximum Gasteiger partial charge on any atom is 0.0704 e. The summed E-state index contributed by atoms with van der Waals surface area (Å²) in [5.41, 5.74) is 0. The van der Waals surface area contributed by atoms with Crippen molar-refractivity contribution in [1.82, 2.24) is 5.32 Å². The van der Waals surface area contributed by atoms with Gasteiger partial charge < -0.3 is 10.1 Å². The van der Waals surface area contributed by atoms with Crippen LogP contribution in [0.3, 0.4) is 0 Å². The van der Waals surface area contributed by atoms with Crippen molar-refractivity contribution in [3.8, 4) is 0 Å². The summed E-state index contributed by atoms with van der Waals surface area (Å²) in [7, 11) is 0. The number of hydrogen-bond donors (Lipinski definition) is 1. The Morgan fingerprint density at radius 3 is 3.18 bits per heavy atom. The topological polar surface area (TPSA) is 21.3 Å². The summed E-state index contributed by atoms with van der Waals surface area (Å²) in [4.78, 5) is 0. The van der Waals surface area contributed by atoms with Gasteiger partial charge in [-0.3, -0.25) is 0 Å². The smallest absolute Gasteiger partial charge is 0.0704 e. The van der Waals surface area contributed by atoms with Gasteiger partial charge in [-0.05, 0) is 26.3 Å². The fourth-order valence-electron chi connectivity index (χ4n) is 1.25. The molecule has 0 spiro atoms. The molecule has 1 aliphatic heterocycles. The summed E-state index contributed by atoms with van der Waals surface area (Å²) in [6.45, 7) is 4.96. The minimum atomic E-state index is 0.444. The molecule has 1 aliphatic rings. The second-order valence-electron chi connectivity index (χ2n) is 2.87. The molecule has 1 N–H and O–H groups in total. The first-order chi connectivity index (χ1) is 5.43. The molecule has 2 nitrogen and oxygen atoms in total. The van der Waals surface area contributed by atoms with Crippen molar-refractivity contribution in [2.24, 2.45) is 0 Å². The first-order valence-electron chi connectivity index (χ1n) is 4.37. The summed E-state index contributed by atoms with van der Waals surface area (Å²) < 4.78 is 5.57. The first-order valence-corrected chi connectivity index (χ1v) is 4.37. The molecule has 0 aliphatic carbocycles. The van der Waals surface area contributed by atoms with Gasteiger partial charge in [0.2, 0.25) is 0 Å². The van der Waals surface area contributed by atoms with E-state index in [1.54, 1.807) is 0 Å². The van der Waals surface area contributed by atoms with Crippen molar-refractivity contribution in [2.75, 3.05) is 19.7 Å². The Kier molecular flexibility index (Phi) is 4.24. The summed E-state index contributed by atoms with van der Waals surface area (Å²) in [5.74, 6) is 0. The van der Waals surface area contributed by atoms with Gasteiger partial charge in [0.25, 0.3) is 0 Å². The fraction of sp³-hybridized carbons (Fsp3) is 0.778. The second-order valence-corrected chi connectivity index (χ2v) is 2.87. The molecule has 0 amide bonds. The first kappa shape index (κ1) is 8.75. The number of piperidine rings is 1. The predicted molar refractivity (Wildman–Crippen MR) is 46.7 cm³/mol. The monoisotopic (exact) mass is 155 g/mol. The van der Waals surface area contributed by atoms with Crippen LogP contribution in [0.2, 0.25) is 0 Å². The van der Waals surface area contributed by atoms with E-state index >= 15 is 0 Å². The van der Waals surface area contributed by atoms with Crippen LogP contribution in [0, 0.1) is 0 Å². The molecule has 1 unspecified atom stereocenters. The van der Waals surface area contributed by atoms with Crippen LogP contribution < -0.4 is 5.32 Å². The molecule has 11 heavy (non-hydrogen) atoms. The average Bonchev–Trinajstić information content (AvgIpc) is 2.07. The van der Waals surface area contributed by atoms with Gasteiger partial charge in [-0.1, -0.05) is 12.2 Å². The van der Waals surface area contributed by atoms with Gasteiger partial charge in [0.1, 0.15) is 0 Å². The highest BCUT2D eigenvalue weighted by atomic mass is 16.5. The van der Waals surface area contributed by atoms with Gasteiger partial charge in [-0.2, -0.15) is 0 Å². The van der Waals surface area contributed by atoms with Crippen LogP contribution in [0.25, 0.3) is 0 Å². The molecule has 1 atom stereocenters. The van der Waals surface area contributed by atoms with Crippen molar-refractivity contribution in [2.45, 2.75) is 25.9 Å². The Labute approximate surface area is 68.6 Å². The lowest BCUT2D eigenvalue weighted by Gasteiger charge is -2.22. The number of hydrogen-bond acceptors (Lipinski definition) is 2. The molecule has 0 saturated carbocycles. The molecular formula is C9H17NO. The van der Waals surface area contributed by atoms with E-state index < -0.39 is 0 Å². The third-order valence-corrected chi connectivity index (χ3v) is 1.92. The third-order valence-electron chi connectivity index (χ3n) is 1.92. The molecule has 64 valence electrons. The van der Waals surface area contributed by atoms with E-state index in [0.29, 0.717) is 6.10 Å². The Morgan fingerprint density at radius 1 is 1.64 bits per heavy atom. The summed E-state index contributed by atoms with van der Waals surface area (Å²) in [5, 5.41) is 3.31. The third kappa shape index (κ3) is 3.54. The molecule has 2 heteroatoms. The lowest BCUT2D eigenvalue weighted by atomic mass is 10.1. The van der Waals surface area contributed by atoms with E-state index in [-0.39, 0.29) is 0 Å². The minimum absolute atomic E-state index is 0.444. The van der Waals surface area contributed by atoms with Crippen LogP contribution in [0.5, 0.6) is 0 Å².